The lowest BCUT2D eigenvalue weighted by molar-refractivity contribution is 0.353. The highest BCUT2D eigenvalue weighted by Gasteiger charge is 2.52. The molecule has 0 radical (unpaired) electrons. The van der Waals surface area contributed by atoms with E-state index >= 15 is 0 Å². The van der Waals surface area contributed by atoms with Crippen LogP contribution in [-0.4, -0.2) is 0 Å². The van der Waals surface area contributed by atoms with E-state index in [1.165, 1.54) is 164 Å². The van der Waals surface area contributed by atoms with E-state index in [2.05, 4.69) is 241 Å². The summed E-state index contributed by atoms with van der Waals surface area (Å²) in [7, 11) is 0. The molecule has 1 nitrogen and oxygen atoms in total. The van der Waals surface area contributed by atoms with Crippen LogP contribution in [0.3, 0.4) is 0 Å². The van der Waals surface area contributed by atoms with Gasteiger partial charge in [-0.25, -0.2) is 0 Å². The fourth-order valence-electron chi connectivity index (χ4n) is 14.7. The zero-order valence-corrected chi connectivity index (χ0v) is 40.0. The van der Waals surface area contributed by atoms with Gasteiger partial charge < -0.3 is 4.90 Å². The van der Waals surface area contributed by atoms with Crippen LogP contribution in [0, 0.1) is 0 Å². The van der Waals surface area contributed by atoms with Crippen LogP contribution >= 0.6 is 0 Å². The molecule has 0 N–H and O–H groups in total. The highest BCUT2D eigenvalue weighted by molar-refractivity contribution is 6.26. The summed E-state index contributed by atoms with van der Waals surface area (Å²) in [5, 5.41) is 10.1. The quantitative estimate of drug-likeness (QED) is 0.159. The molecule has 0 aliphatic heterocycles. The average Bonchev–Trinajstić information content (AvgIpc) is 4.02. The Morgan fingerprint density at radius 3 is 1.49 bits per heavy atom. The zero-order valence-electron chi connectivity index (χ0n) is 40.0. The molecular weight excluding hydrogens is 867 g/mol. The maximum Gasteiger partial charge on any atom is 0.0726 e. The van der Waals surface area contributed by atoms with E-state index in [1.54, 1.807) is 0 Å². The molecule has 0 heterocycles. The maximum absolute atomic E-state index is 2.69. The summed E-state index contributed by atoms with van der Waals surface area (Å²) in [6.45, 7) is 0. The molecule has 0 bridgehead atoms. The molecule has 0 atom stereocenters. The van der Waals surface area contributed by atoms with Gasteiger partial charge in [-0.15, -0.1) is 0 Å². The largest absolute Gasteiger partial charge is 0.309 e. The van der Waals surface area contributed by atoms with E-state index in [0.717, 1.165) is 5.69 Å². The van der Waals surface area contributed by atoms with Gasteiger partial charge in [-0.3, -0.25) is 0 Å². The lowest BCUT2D eigenvalue weighted by Crippen LogP contribution is -2.28. The number of fused-ring (bicyclic) bond motifs is 22. The van der Waals surface area contributed by atoms with Crippen LogP contribution in [0.5, 0.6) is 0 Å². The Morgan fingerprint density at radius 1 is 0.292 bits per heavy atom. The van der Waals surface area contributed by atoms with Crippen molar-refractivity contribution in [2.75, 3.05) is 4.90 Å². The fourth-order valence-corrected chi connectivity index (χ4v) is 14.7. The van der Waals surface area contributed by atoms with Gasteiger partial charge in [0, 0.05) is 22.2 Å². The molecule has 16 rings (SSSR count). The Kier molecular flexibility index (Phi) is 8.38. The van der Waals surface area contributed by atoms with Crippen molar-refractivity contribution in [3.8, 4) is 44.5 Å². The molecule has 0 aromatic heterocycles. The van der Waals surface area contributed by atoms with Crippen molar-refractivity contribution in [1.82, 2.24) is 0 Å². The Bertz CT molecular complexity index is 4200. The third-order valence-electron chi connectivity index (χ3n) is 17.6. The molecule has 12 aromatic carbocycles. The second-order valence-corrected chi connectivity index (χ2v) is 20.9. The summed E-state index contributed by atoms with van der Waals surface area (Å²) in [5.41, 5.74) is 21.8. The van der Waals surface area contributed by atoms with Gasteiger partial charge in [0.1, 0.15) is 0 Å². The van der Waals surface area contributed by atoms with Crippen molar-refractivity contribution in [1.29, 1.82) is 0 Å². The number of rotatable bonds is 4. The Balaban J connectivity index is 1.07. The van der Waals surface area contributed by atoms with Crippen LogP contribution in [0.25, 0.3) is 87.6 Å². The van der Waals surface area contributed by atoms with Crippen molar-refractivity contribution < 1.29 is 0 Å². The molecule has 0 unspecified atom stereocenters. The van der Waals surface area contributed by atoms with Crippen LogP contribution in [-0.2, 0) is 10.8 Å². The van der Waals surface area contributed by atoms with E-state index in [9.17, 15) is 0 Å². The van der Waals surface area contributed by atoms with Gasteiger partial charge in [0.25, 0.3) is 0 Å². The minimum Gasteiger partial charge on any atom is -0.309 e. The lowest BCUT2D eigenvalue weighted by atomic mass is 9.68. The summed E-state index contributed by atoms with van der Waals surface area (Å²) in [4.78, 5) is 2.69. The van der Waals surface area contributed by atoms with Crippen LogP contribution in [0.4, 0.5) is 17.1 Å². The molecule has 0 amide bonds. The van der Waals surface area contributed by atoms with Gasteiger partial charge in [-0.05, 0) is 159 Å². The van der Waals surface area contributed by atoms with Gasteiger partial charge in [0.05, 0.1) is 16.8 Å². The predicted molar refractivity (Wildman–Crippen MR) is 302 cm³/mol. The Hall–Kier alpha value is -8.52. The molecule has 1 fully saturated rings. The molecule has 1 saturated carbocycles. The van der Waals surface area contributed by atoms with E-state index in [1.807, 2.05) is 0 Å². The Labute approximate surface area is 420 Å². The van der Waals surface area contributed by atoms with Crippen molar-refractivity contribution in [3.63, 3.8) is 0 Å². The minimum atomic E-state index is -0.517. The summed E-state index contributed by atoms with van der Waals surface area (Å²) in [6, 6.07) is 90.9. The summed E-state index contributed by atoms with van der Waals surface area (Å²) in [6.07, 6.45) is 6.14. The van der Waals surface area contributed by atoms with E-state index in [0.29, 0.717) is 0 Å². The second-order valence-electron chi connectivity index (χ2n) is 20.9. The molecule has 338 valence electrons. The highest BCUT2D eigenvalue weighted by atomic mass is 15.1. The van der Waals surface area contributed by atoms with Crippen molar-refractivity contribution in [3.05, 3.63) is 270 Å². The SMILES string of the molecule is c1ccc2c(c1)-c1c(N(c3ccc4c5ccccc5c5ccccc5c4c3)c3cc4c(cc3-c3ccc5ccccc5c3)-c3ccccc3C43c4ccccc4-c4ccccc43)cccc1C21CCCCC1. The molecule has 4 aliphatic carbocycles. The first-order valence-electron chi connectivity index (χ1n) is 26.0. The van der Waals surface area contributed by atoms with Crippen LogP contribution in [0.1, 0.15) is 65.5 Å². The number of nitrogens with zero attached hydrogens (tertiary/aromatic N) is 1. The summed E-state index contributed by atoms with van der Waals surface area (Å²) < 4.78 is 0. The summed E-state index contributed by atoms with van der Waals surface area (Å²) >= 11 is 0. The van der Waals surface area contributed by atoms with Crippen LogP contribution in [0.2, 0.25) is 0 Å². The number of hydrogen-bond acceptors (Lipinski definition) is 1. The molecule has 0 saturated heterocycles. The van der Waals surface area contributed by atoms with Gasteiger partial charge in [0.15, 0.2) is 0 Å². The van der Waals surface area contributed by atoms with Crippen molar-refractivity contribution >= 4 is 60.2 Å². The van der Waals surface area contributed by atoms with Crippen LogP contribution in [0.15, 0.2) is 237 Å². The lowest BCUT2D eigenvalue weighted by Gasteiger charge is -2.36. The van der Waals surface area contributed by atoms with Gasteiger partial charge in [0.2, 0.25) is 0 Å². The maximum atomic E-state index is 2.69. The highest BCUT2D eigenvalue weighted by Crippen LogP contribution is 2.65. The molecular formula is C71H49N. The first-order chi connectivity index (χ1) is 35.7. The van der Waals surface area contributed by atoms with Crippen molar-refractivity contribution in [2.45, 2.75) is 42.9 Å². The van der Waals surface area contributed by atoms with Crippen LogP contribution < -0.4 is 4.90 Å². The second kappa shape index (κ2) is 15.0. The van der Waals surface area contributed by atoms with Gasteiger partial charge in [-0.1, -0.05) is 219 Å². The topological polar surface area (TPSA) is 3.24 Å². The molecule has 2 spiro atoms. The van der Waals surface area contributed by atoms with E-state index < -0.39 is 5.41 Å². The van der Waals surface area contributed by atoms with E-state index in [4.69, 9.17) is 0 Å². The Morgan fingerprint density at radius 2 is 0.819 bits per heavy atom. The van der Waals surface area contributed by atoms with Gasteiger partial charge in [-0.2, -0.15) is 0 Å². The number of anilines is 3. The molecule has 4 aliphatic rings. The first kappa shape index (κ1) is 40.2. The number of benzene rings is 12. The van der Waals surface area contributed by atoms with Gasteiger partial charge >= 0.3 is 0 Å². The monoisotopic (exact) mass is 915 g/mol. The third-order valence-corrected chi connectivity index (χ3v) is 17.6. The standard InChI is InChI=1S/C71H49N/c1-16-39-70(40-17-1)61-29-12-11-28-57(61)69-65(70)33-18-34-67(69)72(48-37-38-53-51-23-5-4-21-49(51)50-22-6-7-24-52(50)59(53)42-48)68-44-66-60(43-58(68)47-36-35-45-19-2-3-20-46(45)41-47)56-27-10-15-32-64(56)71(66)62-30-13-8-25-54(62)55-26-9-14-31-63(55)71/h2-15,18-38,41-44H,1,16-17,39-40H2. The first-order valence-corrected chi connectivity index (χ1v) is 26.0. The van der Waals surface area contributed by atoms with E-state index in [-0.39, 0.29) is 5.41 Å². The normalized spacial score (nSPS) is 15.2. The van der Waals surface area contributed by atoms with Crippen molar-refractivity contribution in [2.24, 2.45) is 0 Å². The molecule has 12 aromatic rings. The summed E-state index contributed by atoms with van der Waals surface area (Å²) in [5.74, 6) is 0. The smallest absolute Gasteiger partial charge is 0.0726 e. The fraction of sp³-hybridized carbons (Fsp3) is 0.0986. The number of hydrogen-bond donors (Lipinski definition) is 0. The molecule has 72 heavy (non-hydrogen) atoms. The average molecular weight is 916 g/mol. The predicted octanol–water partition coefficient (Wildman–Crippen LogP) is 19.0. The third kappa shape index (κ3) is 5.27. The molecule has 1 heteroatoms. The zero-order chi connectivity index (χ0) is 47.1. The minimum absolute atomic E-state index is 0.00750.